The third-order valence-corrected chi connectivity index (χ3v) is 5.94. The van der Waals surface area contributed by atoms with Crippen LogP contribution in [0.15, 0.2) is 116 Å². The standard InChI is InChI=1S/C36H30O10/c1-8-32(37)44-29-20-31(46-34(39)18-23(7)24-10-14-26(15-11-24)42-35(40)21(3)4)30(45-33(38)9-2)19-28(29)25-12-16-27(17-13-25)43-36(41)22(5)6/h8-20H,1-3,5H2,4,6-7H3/b23-18+. The second kappa shape index (κ2) is 15.4. The first-order valence-corrected chi connectivity index (χ1v) is 13.5. The minimum absolute atomic E-state index is 0.0571. The maximum atomic E-state index is 13.0. The highest BCUT2D eigenvalue weighted by atomic mass is 16.6. The van der Waals surface area contributed by atoms with Crippen molar-refractivity contribution in [3.63, 3.8) is 0 Å². The summed E-state index contributed by atoms with van der Waals surface area (Å²) < 4.78 is 26.7. The second-order valence-electron chi connectivity index (χ2n) is 9.68. The van der Waals surface area contributed by atoms with Gasteiger partial charge in [0, 0.05) is 41.0 Å². The molecular weight excluding hydrogens is 592 g/mol. The third-order valence-electron chi connectivity index (χ3n) is 5.94. The van der Waals surface area contributed by atoms with Crippen molar-refractivity contribution >= 4 is 35.4 Å². The maximum Gasteiger partial charge on any atom is 0.338 e. The summed E-state index contributed by atoms with van der Waals surface area (Å²) in [5, 5.41) is 0. The van der Waals surface area contributed by atoms with Crippen LogP contribution in [0.5, 0.6) is 28.7 Å². The summed E-state index contributed by atoms with van der Waals surface area (Å²) in [6.45, 7) is 18.6. The Bertz CT molecular complexity index is 1770. The van der Waals surface area contributed by atoms with Gasteiger partial charge in [-0.2, -0.15) is 0 Å². The molecule has 0 unspecified atom stereocenters. The first kappa shape index (κ1) is 34.2. The SMILES string of the molecule is C=CC(=O)Oc1cc(-c2ccc(OC(=O)C(=C)C)cc2)c(OC(=O)C=C)cc1OC(=O)/C=C(\C)c1ccc(OC(=O)C(=C)C)cc1. The van der Waals surface area contributed by atoms with Crippen LogP contribution in [-0.2, 0) is 24.0 Å². The predicted octanol–water partition coefficient (Wildman–Crippen LogP) is 6.51. The molecule has 0 atom stereocenters. The first-order valence-electron chi connectivity index (χ1n) is 13.5. The molecule has 0 N–H and O–H groups in total. The lowest BCUT2D eigenvalue weighted by Gasteiger charge is -2.16. The lowest BCUT2D eigenvalue weighted by atomic mass is 10.0. The highest BCUT2D eigenvalue weighted by molar-refractivity contribution is 5.94. The monoisotopic (exact) mass is 622 g/mol. The molecular formula is C36H30O10. The van der Waals surface area contributed by atoms with E-state index in [-0.39, 0.29) is 39.7 Å². The van der Waals surface area contributed by atoms with E-state index in [2.05, 4.69) is 26.3 Å². The highest BCUT2D eigenvalue weighted by Crippen LogP contribution is 2.41. The van der Waals surface area contributed by atoms with Crippen molar-refractivity contribution in [2.75, 3.05) is 0 Å². The van der Waals surface area contributed by atoms with Crippen LogP contribution in [0.2, 0.25) is 0 Å². The molecule has 10 heteroatoms. The molecule has 0 radical (unpaired) electrons. The molecule has 0 aromatic heterocycles. The van der Waals surface area contributed by atoms with Gasteiger partial charge in [-0.15, -0.1) is 0 Å². The summed E-state index contributed by atoms with van der Waals surface area (Å²) in [4.78, 5) is 61.0. The number of benzene rings is 3. The number of allylic oxidation sites excluding steroid dienone is 1. The third kappa shape index (κ3) is 9.35. The van der Waals surface area contributed by atoms with Crippen molar-refractivity contribution in [1.82, 2.24) is 0 Å². The zero-order valence-corrected chi connectivity index (χ0v) is 25.4. The largest absolute Gasteiger partial charge is 0.423 e. The smallest absolute Gasteiger partial charge is 0.338 e. The van der Waals surface area contributed by atoms with Crippen LogP contribution in [0.25, 0.3) is 16.7 Å². The van der Waals surface area contributed by atoms with E-state index in [1.165, 1.54) is 44.2 Å². The van der Waals surface area contributed by atoms with Gasteiger partial charge in [-0.25, -0.2) is 24.0 Å². The number of carbonyl (C=O) groups excluding carboxylic acids is 5. The fourth-order valence-electron chi connectivity index (χ4n) is 3.59. The molecule has 0 amide bonds. The first-order chi connectivity index (χ1) is 21.8. The van der Waals surface area contributed by atoms with Gasteiger partial charge in [0.05, 0.1) is 0 Å². The van der Waals surface area contributed by atoms with E-state index in [0.29, 0.717) is 22.4 Å². The Morgan fingerprint density at radius 1 is 0.565 bits per heavy atom. The lowest BCUT2D eigenvalue weighted by Crippen LogP contribution is -2.11. The summed E-state index contributed by atoms with van der Waals surface area (Å²) in [6, 6.07) is 15.1. The molecule has 46 heavy (non-hydrogen) atoms. The van der Waals surface area contributed by atoms with Gasteiger partial charge in [0.2, 0.25) is 0 Å². The van der Waals surface area contributed by atoms with Crippen LogP contribution >= 0.6 is 0 Å². The highest BCUT2D eigenvalue weighted by Gasteiger charge is 2.20. The van der Waals surface area contributed by atoms with Crippen LogP contribution in [0, 0.1) is 0 Å². The Morgan fingerprint density at radius 2 is 1.00 bits per heavy atom. The molecule has 10 nitrogen and oxygen atoms in total. The maximum absolute atomic E-state index is 13.0. The number of esters is 5. The fraction of sp³-hybridized carbons (Fsp3) is 0.0833. The molecule has 0 saturated carbocycles. The van der Waals surface area contributed by atoms with Gasteiger partial charge in [0.25, 0.3) is 0 Å². The summed E-state index contributed by atoms with van der Waals surface area (Å²) in [7, 11) is 0. The quantitative estimate of drug-likeness (QED) is 0.125. The van der Waals surface area contributed by atoms with Gasteiger partial charge >= 0.3 is 29.8 Å². The van der Waals surface area contributed by atoms with E-state index in [1.807, 2.05) is 0 Å². The van der Waals surface area contributed by atoms with E-state index in [9.17, 15) is 24.0 Å². The van der Waals surface area contributed by atoms with Crippen molar-refractivity contribution in [1.29, 1.82) is 0 Å². The number of hydrogen-bond donors (Lipinski definition) is 0. The molecule has 0 aliphatic heterocycles. The fourth-order valence-corrected chi connectivity index (χ4v) is 3.59. The van der Waals surface area contributed by atoms with E-state index >= 15 is 0 Å². The molecule has 3 aromatic carbocycles. The molecule has 0 heterocycles. The Labute approximate surface area is 265 Å². The Hall–Kier alpha value is -6.29. The number of carbonyl (C=O) groups is 5. The minimum Gasteiger partial charge on any atom is -0.423 e. The molecule has 0 bridgehead atoms. The normalized spacial score (nSPS) is 10.5. The van der Waals surface area contributed by atoms with Crippen molar-refractivity contribution in [3.05, 3.63) is 122 Å². The van der Waals surface area contributed by atoms with Crippen molar-refractivity contribution in [2.24, 2.45) is 0 Å². The molecule has 0 spiro atoms. The number of hydrogen-bond acceptors (Lipinski definition) is 10. The van der Waals surface area contributed by atoms with E-state index in [1.54, 1.807) is 43.3 Å². The summed E-state index contributed by atoms with van der Waals surface area (Å²) in [5.41, 5.74) is 2.30. The van der Waals surface area contributed by atoms with Crippen molar-refractivity contribution in [3.8, 4) is 39.9 Å². The summed E-state index contributed by atoms with van der Waals surface area (Å²) >= 11 is 0. The van der Waals surface area contributed by atoms with E-state index < -0.39 is 29.8 Å². The average Bonchev–Trinajstić information content (AvgIpc) is 3.02. The zero-order valence-electron chi connectivity index (χ0n) is 25.4. The van der Waals surface area contributed by atoms with Crippen LogP contribution < -0.4 is 23.7 Å². The number of rotatable bonds is 12. The van der Waals surface area contributed by atoms with E-state index in [0.717, 1.165) is 12.2 Å². The molecule has 3 aromatic rings. The molecule has 234 valence electrons. The van der Waals surface area contributed by atoms with Gasteiger partial charge in [0.1, 0.15) is 17.2 Å². The Balaban J connectivity index is 1.98. The summed E-state index contributed by atoms with van der Waals surface area (Å²) in [5.74, 6) is -3.63. The van der Waals surface area contributed by atoms with Gasteiger partial charge < -0.3 is 23.7 Å². The Kier molecular flexibility index (Phi) is 11.5. The lowest BCUT2D eigenvalue weighted by molar-refractivity contribution is -0.131. The van der Waals surface area contributed by atoms with Gasteiger partial charge in [-0.3, -0.25) is 0 Å². The molecule has 3 rings (SSSR count). The average molecular weight is 623 g/mol. The van der Waals surface area contributed by atoms with Gasteiger partial charge in [-0.05, 0) is 67.8 Å². The minimum atomic E-state index is -0.847. The summed E-state index contributed by atoms with van der Waals surface area (Å²) in [6.07, 6.45) is 3.06. The van der Waals surface area contributed by atoms with Crippen molar-refractivity contribution in [2.45, 2.75) is 20.8 Å². The van der Waals surface area contributed by atoms with Crippen LogP contribution in [0.1, 0.15) is 26.3 Å². The van der Waals surface area contributed by atoms with E-state index in [4.69, 9.17) is 23.7 Å². The second-order valence-corrected chi connectivity index (χ2v) is 9.68. The van der Waals surface area contributed by atoms with Crippen LogP contribution in [-0.4, -0.2) is 29.8 Å². The van der Waals surface area contributed by atoms with Gasteiger partial charge in [0.15, 0.2) is 11.5 Å². The van der Waals surface area contributed by atoms with Gasteiger partial charge in [-0.1, -0.05) is 50.6 Å². The zero-order chi connectivity index (χ0) is 34.0. The predicted molar refractivity (Wildman–Crippen MR) is 170 cm³/mol. The van der Waals surface area contributed by atoms with Crippen LogP contribution in [0.3, 0.4) is 0 Å². The molecule has 0 aliphatic carbocycles. The molecule has 0 fully saturated rings. The number of ether oxygens (including phenoxy) is 5. The Morgan fingerprint density at radius 3 is 1.48 bits per heavy atom. The van der Waals surface area contributed by atoms with Crippen LogP contribution in [0.4, 0.5) is 0 Å². The molecule has 0 saturated heterocycles. The molecule has 0 aliphatic rings. The van der Waals surface area contributed by atoms with Crippen molar-refractivity contribution < 1.29 is 47.7 Å². The topological polar surface area (TPSA) is 132 Å².